The molecule has 4 rings (SSSR count). The zero-order valence-electron chi connectivity index (χ0n) is 15.2. The van der Waals surface area contributed by atoms with E-state index in [0.29, 0.717) is 50.5 Å². The lowest BCUT2D eigenvalue weighted by molar-refractivity contribution is -0.126. The van der Waals surface area contributed by atoms with Crippen molar-refractivity contribution in [3.8, 4) is 11.5 Å². The van der Waals surface area contributed by atoms with Gasteiger partial charge in [0, 0.05) is 32.7 Å². The summed E-state index contributed by atoms with van der Waals surface area (Å²) in [6.45, 7) is 2.51. The van der Waals surface area contributed by atoms with Gasteiger partial charge in [0.25, 0.3) is 10.2 Å². The van der Waals surface area contributed by atoms with E-state index < -0.39 is 10.2 Å². The van der Waals surface area contributed by atoms with Crippen LogP contribution in [0.1, 0.15) is 31.2 Å². The van der Waals surface area contributed by atoms with E-state index in [0.717, 1.165) is 18.4 Å². The van der Waals surface area contributed by atoms with E-state index in [9.17, 15) is 13.2 Å². The number of nitrogens with zero attached hydrogens (tertiary/aromatic N) is 2. The minimum atomic E-state index is -3.45. The van der Waals surface area contributed by atoms with Gasteiger partial charge in [-0.2, -0.15) is 17.0 Å². The first-order valence-corrected chi connectivity index (χ1v) is 10.9. The molecule has 1 aromatic rings. The van der Waals surface area contributed by atoms with Crippen molar-refractivity contribution in [1.29, 1.82) is 0 Å². The summed E-state index contributed by atoms with van der Waals surface area (Å²) < 4.78 is 39.1. The van der Waals surface area contributed by atoms with Gasteiger partial charge in [-0.15, -0.1) is 0 Å². The van der Waals surface area contributed by atoms with Gasteiger partial charge in [0.15, 0.2) is 11.5 Å². The number of ether oxygens (including phenoxy) is 2. The molecule has 27 heavy (non-hydrogen) atoms. The first kappa shape index (κ1) is 18.5. The first-order valence-electron chi connectivity index (χ1n) is 9.45. The Morgan fingerprint density at radius 1 is 1.07 bits per heavy atom. The van der Waals surface area contributed by atoms with Gasteiger partial charge in [-0.05, 0) is 43.4 Å². The van der Waals surface area contributed by atoms with Crippen LogP contribution in [0.2, 0.25) is 0 Å². The van der Waals surface area contributed by atoms with Crippen LogP contribution in [0.4, 0.5) is 0 Å². The molecule has 0 bridgehead atoms. The molecule has 0 spiro atoms. The normalized spacial score (nSPS) is 23.5. The number of amides is 1. The molecule has 148 valence electrons. The van der Waals surface area contributed by atoms with E-state index in [-0.39, 0.29) is 25.2 Å². The molecule has 9 heteroatoms. The van der Waals surface area contributed by atoms with Crippen molar-refractivity contribution in [2.45, 2.75) is 32.2 Å². The number of rotatable bonds is 5. The van der Waals surface area contributed by atoms with Crippen LogP contribution in [0, 0.1) is 5.92 Å². The highest BCUT2D eigenvalue weighted by atomic mass is 32.2. The van der Waals surface area contributed by atoms with Crippen LogP contribution in [0.15, 0.2) is 18.2 Å². The molecule has 1 amide bonds. The molecule has 3 aliphatic rings. The van der Waals surface area contributed by atoms with Gasteiger partial charge in [-0.3, -0.25) is 4.79 Å². The average molecular weight is 395 g/mol. The van der Waals surface area contributed by atoms with Crippen molar-refractivity contribution >= 4 is 16.1 Å². The van der Waals surface area contributed by atoms with Crippen LogP contribution < -0.4 is 14.8 Å². The molecule has 2 saturated heterocycles. The van der Waals surface area contributed by atoms with E-state index in [2.05, 4.69) is 5.32 Å². The van der Waals surface area contributed by atoms with Gasteiger partial charge in [0.2, 0.25) is 12.7 Å². The summed E-state index contributed by atoms with van der Waals surface area (Å²) in [6, 6.07) is 5.57. The van der Waals surface area contributed by atoms with E-state index in [1.807, 2.05) is 18.2 Å². The number of fused-ring (bicyclic) bond motifs is 1. The summed E-state index contributed by atoms with van der Waals surface area (Å²) >= 11 is 0. The molecule has 0 unspecified atom stereocenters. The number of carbonyl (C=O) groups is 1. The Labute approximate surface area is 159 Å². The number of hydrogen-bond donors (Lipinski definition) is 1. The number of nitrogens with one attached hydrogen (secondary N) is 1. The second kappa shape index (κ2) is 7.65. The number of hydrogen-bond acceptors (Lipinski definition) is 5. The van der Waals surface area contributed by atoms with Gasteiger partial charge < -0.3 is 14.8 Å². The molecule has 8 nitrogen and oxygen atoms in total. The minimum Gasteiger partial charge on any atom is -0.454 e. The summed E-state index contributed by atoms with van der Waals surface area (Å²) in [7, 11) is -3.45. The molecule has 2 fully saturated rings. The molecule has 1 N–H and O–H groups in total. The average Bonchev–Trinajstić information content (AvgIpc) is 3.37. The molecular formula is C18H25N3O5S. The van der Waals surface area contributed by atoms with Crippen molar-refractivity contribution in [1.82, 2.24) is 13.9 Å². The van der Waals surface area contributed by atoms with Gasteiger partial charge in [0.05, 0.1) is 5.92 Å². The highest BCUT2D eigenvalue weighted by Gasteiger charge is 2.36. The van der Waals surface area contributed by atoms with Crippen LogP contribution in [0.25, 0.3) is 0 Å². The van der Waals surface area contributed by atoms with E-state index in [1.165, 1.54) is 4.31 Å². The lowest BCUT2D eigenvalue weighted by Gasteiger charge is -2.33. The number of carbonyl (C=O) groups excluding carboxylic acids is 1. The largest absolute Gasteiger partial charge is 0.454 e. The van der Waals surface area contributed by atoms with Gasteiger partial charge in [0.1, 0.15) is 0 Å². The fraction of sp³-hybridized carbons (Fsp3) is 0.611. The Morgan fingerprint density at radius 2 is 1.81 bits per heavy atom. The summed E-state index contributed by atoms with van der Waals surface area (Å²) in [5.74, 6) is 0.974. The standard InChI is InChI=1S/C18H25N3O5S/c22-18(19-11-14-5-6-16-17(10-14)26-13-25-16)15-4-3-9-21(12-15)27(23,24)20-7-1-2-8-20/h5-6,10,15H,1-4,7-9,11-13H2,(H,19,22)/t15-/m0/s1. The maximum atomic E-state index is 12.7. The Hall–Kier alpha value is -1.84. The van der Waals surface area contributed by atoms with Crippen molar-refractivity contribution < 1.29 is 22.7 Å². The SMILES string of the molecule is O=C(NCc1ccc2c(c1)OCO2)[C@H]1CCCN(S(=O)(=O)N2CCCC2)C1. The van der Waals surface area contributed by atoms with Crippen LogP contribution >= 0.6 is 0 Å². The molecule has 0 aliphatic carbocycles. The quantitative estimate of drug-likeness (QED) is 0.806. The highest BCUT2D eigenvalue weighted by molar-refractivity contribution is 7.86. The monoisotopic (exact) mass is 395 g/mol. The zero-order valence-corrected chi connectivity index (χ0v) is 16.0. The van der Waals surface area contributed by atoms with Crippen molar-refractivity contribution in [3.05, 3.63) is 23.8 Å². The predicted molar refractivity (Wildman–Crippen MR) is 98.4 cm³/mol. The lowest BCUT2D eigenvalue weighted by atomic mass is 9.98. The minimum absolute atomic E-state index is 0.103. The second-order valence-electron chi connectivity index (χ2n) is 7.22. The van der Waals surface area contributed by atoms with E-state index in [1.54, 1.807) is 4.31 Å². The third-order valence-electron chi connectivity index (χ3n) is 5.38. The van der Waals surface area contributed by atoms with Crippen LogP contribution in [0.3, 0.4) is 0 Å². The summed E-state index contributed by atoms with van der Waals surface area (Å²) in [4.78, 5) is 12.6. The zero-order chi connectivity index (χ0) is 18.9. The molecule has 0 saturated carbocycles. The molecule has 0 aromatic heterocycles. The predicted octanol–water partition coefficient (Wildman–Crippen LogP) is 1.08. The molecular weight excluding hydrogens is 370 g/mol. The Kier molecular flexibility index (Phi) is 5.25. The smallest absolute Gasteiger partial charge is 0.281 e. The maximum absolute atomic E-state index is 12.7. The third kappa shape index (κ3) is 3.90. The van der Waals surface area contributed by atoms with Crippen LogP contribution in [-0.4, -0.2) is 55.9 Å². The summed E-state index contributed by atoms with van der Waals surface area (Å²) in [6.07, 6.45) is 3.23. The van der Waals surface area contributed by atoms with Crippen molar-refractivity contribution in [3.63, 3.8) is 0 Å². The lowest BCUT2D eigenvalue weighted by Crippen LogP contribution is -2.49. The van der Waals surface area contributed by atoms with Gasteiger partial charge in [-0.25, -0.2) is 0 Å². The summed E-state index contributed by atoms with van der Waals surface area (Å²) in [5.41, 5.74) is 0.921. The fourth-order valence-electron chi connectivity index (χ4n) is 3.83. The molecule has 3 heterocycles. The third-order valence-corrected chi connectivity index (χ3v) is 7.38. The molecule has 0 radical (unpaired) electrons. The first-order chi connectivity index (χ1) is 13.0. The Bertz CT molecular complexity index is 807. The van der Waals surface area contributed by atoms with Crippen molar-refractivity contribution in [2.75, 3.05) is 33.0 Å². The second-order valence-corrected chi connectivity index (χ2v) is 9.14. The van der Waals surface area contributed by atoms with Crippen LogP contribution in [-0.2, 0) is 21.5 Å². The van der Waals surface area contributed by atoms with Gasteiger partial charge in [-0.1, -0.05) is 6.07 Å². The van der Waals surface area contributed by atoms with E-state index in [4.69, 9.17) is 9.47 Å². The topological polar surface area (TPSA) is 88.2 Å². The molecule has 1 atom stereocenters. The van der Waals surface area contributed by atoms with E-state index >= 15 is 0 Å². The van der Waals surface area contributed by atoms with Gasteiger partial charge >= 0.3 is 0 Å². The molecule has 3 aliphatic heterocycles. The highest BCUT2D eigenvalue weighted by Crippen LogP contribution is 2.32. The molecule has 1 aromatic carbocycles. The number of piperidine rings is 1. The summed E-state index contributed by atoms with van der Waals surface area (Å²) in [5, 5.41) is 2.93. The Morgan fingerprint density at radius 3 is 2.63 bits per heavy atom. The maximum Gasteiger partial charge on any atom is 0.281 e. The van der Waals surface area contributed by atoms with Crippen LogP contribution in [0.5, 0.6) is 11.5 Å². The fourth-order valence-corrected chi connectivity index (χ4v) is 5.61. The van der Waals surface area contributed by atoms with Crippen molar-refractivity contribution in [2.24, 2.45) is 5.92 Å². The Balaban J connectivity index is 1.34. The number of benzene rings is 1.